The van der Waals surface area contributed by atoms with E-state index >= 15 is 0 Å². The van der Waals surface area contributed by atoms with Crippen LogP contribution in [0.4, 0.5) is 4.79 Å². The number of carbonyl (C=O) groups excluding carboxylic acids is 1. The molecule has 0 radical (unpaired) electrons. The topological polar surface area (TPSA) is 91.0 Å². The fourth-order valence-corrected chi connectivity index (χ4v) is 6.13. The van der Waals surface area contributed by atoms with E-state index in [4.69, 9.17) is 4.74 Å². The van der Waals surface area contributed by atoms with Crippen LogP contribution in [0.5, 0.6) is 0 Å². The molecule has 0 aromatic rings. The summed E-state index contributed by atoms with van der Waals surface area (Å²) < 4.78 is 32.7. The molecule has 136 valence electrons. The van der Waals surface area contributed by atoms with Crippen molar-refractivity contribution in [2.45, 2.75) is 51.2 Å². The summed E-state index contributed by atoms with van der Waals surface area (Å²) >= 11 is 0. The molecule has 2 amide bonds. The van der Waals surface area contributed by atoms with Crippen molar-refractivity contribution in [2.24, 2.45) is 5.92 Å². The number of hydrogen-bond donors (Lipinski definition) is 2. The Hall–Kier alpha value is -1.16. The summed E-state index contributed by atoms with van der Waals surface area (Å²) in [5.74, 6) is -0.0390. The van der Waals surface area contributed by atoms with Crippen molar-refractivity contribution in [3.63, 3.8) is 0 Å². The molecular weight excluding hydrogens is 332 g/mol. The highest BCUT2D eigenvalue weighted by Crippen LogP contribution is 2.47. The molecule has 2 unspecified atom stereocenters. The molecule has 2 N–H and O–H groups in total. The van der Waals surface area contributed by atoms with Crippen LogP contribution in [0, 0.1) is 5.92 Å². The van der Waals surface area contributed by atoms with Gasteiger partial charge in [0.25, 0.3) is 0 Å². The molecule has 0 spiro atoms. The van der Waals surface area contributed by atoms with Gasteiger partial charge in [-0.05, 0) is 26.0 Å². The number of fused-ring (bicyclic) bond motifs is 2. The SMILES string of the molecule is CC[C@@]12CS(=O)(=O)N(C)[C@@H](C1C)[C@H](N1C=C(C)C(NC)NC1=O)O2. The van der Waals surface area contributed by atoms with Gasteiger partial charge in [0.2, 0.25) is 10.0 Å². The maximum absolute atomic E-state index is 12.5. The number of nitrogens with zero attached hydrogens (tertiary/aromatic N) is 2. The molecule has 24 heavy (non-hydrogen) atoms. The second-order valence-electron chi connectivity index (χ2n) is 6.93. The average molecular weight is 358 g/mol. The van der Waals surface area contributed by atoms with Crippen LogP contribution in [0.15, 0.2) is 11.8 Å². The molecule has 2 saturated heterocycles. The van der Waals surface area contributed by atoms with E-state index < -0.39 is 27.9 Å². The first-order chi connectivity index (χ1) is 11.2. The standard InChI is InChI=1S/C15H26N4O4S/c1-6-15-8-24(21,22)18(5)11(10(15)3)13(23-15)19-7-9(2)12(16-4)17-14(19)20/h7,10-13,16H,6,8H2,1-5H3,(H,17,20)/t10?,11-,12?,13+,15+/m0/s1. The minimum atomic E-state index is -3.40. The molecule has 8 nitrogen and oxygen atoms in total. The highest BCUT2D eigenvalue weighted by atomic mass is 32.2. The molecule has 3 heterocycles. The number of ether oxygens (including phenoxy) is 1. The Bertz CT molecular complexity index is 679. The van der Waals surface area contributed by atoms with E-state index in [0.29, 0.717) is 6.42 Å². The third-order valence-corrected chi connectivity index (χ3v) is 7.71. The third-order valence-electron chi connectivity index (χ3n) is 5.74. The molecule has 0 aliphatic carbocycles. The zero-order valence-corrected chi connectivity index (χ0v) is 15.6. The Morgan fingerprint density at radius 2 is 2.17 bits per heavy atom. The van der Waals surface area contributed by atoms with Crippen molar-refractivity contribution in [3.05, 3.63) is 11.8 Å². The van der Waals surface area contributed by atoms with Crippen molar-refractivity contribution in [1.29, 1.82) is 0 Å². The summed E-state index contributed by atoms with van der Waals surface area (Å²) in [6.45, 7) is 5.85. The lowest BCUT2D eigenvalue weighted by atomic mass is 9.84. The van der Waals surface area contributed by atoms with Crippen LogP contribution in [-0.4, -0.2) is 67.5 Å². The van der Waals surface area contributed by atoms with Crippen LogP contribution >= 0.6 is 0 Å². The van der Waals surface area contributed by atoms with Crippen LogP contribution in [-0.2, 0) is 14.8 Å². The molecule has 3 aliphatic heterocycles. The Balaban J connectivity index is 2.01. The molecule has 3 aliphatic rings. The van der Waals surface area contributed by atoms with Gasteiger partial charge >= 0.3 is 6.03 Å². The van der Waals surface area contributed by atoms with Crippen molar-refractivity contribution in [3.8, 4) is 0 Å². The van der Waals surface area contributed by atoms with Gasteiger partial charge in [0.1, 0.15) is 6.17 Å². The summed E-state index contributed by atoms with van der Waals surface area (Å²) in [5, 5.41) is 5.88. The number of amides is 2. The number of nitrogens with one attached hydrogen (secondary N) is 2. The molecule has 0 saturated carbocycles. The van der Waals surface area contributed by atoms with Crippen molar-refractivity contribution in [1.82, 2.24) is 19.8 Å². The van der Waals surface area contributed by atoms with E-state index in [1.807, 2.05) is 20.8 Å². The average Bonchev–Trinajstić information content (AvgIpc) is 2.75. The largest absolute Gasteiger partial charge is 0.348 e. The zero-order chi connectivity index (χ0) is 17.9. The number of urea groups is 1. The lowest BCUT2D eigenvalue weighted by Crippen LogP contribution is -2.60. The van der Waals surface area contributed by atoms with Gasteiger partial charge in [0.15, 0.2) is 6.23 Å². The van der Waals surface area contributed by atoms with Gasteiger partial charge in [-0.2, -0.15) is 4.31 Å². The van der Waals surface area contributed by atoms with E-state index in [1.165, 1.54) is 9.21 Å². The minimum Gasteiger partial charge on any atom is -0.348 e. The number of likely N-dealkylation sites (N-methyl/N-ethyl adjacent to an activating group) is 2. The Morgan fingerprint density at radius 1 is 1.50 bits per heavy atom. The predicted octanol–water partition coefficient (Wildman–Crippen LogP) is 0.246. The Labute approximate surface area is 143 Å². The molecule has 5 atom stereocenters. The van der Waals surface area contributed by atoms with E-state index in [9.17, 15) is 13.2 Å². The second-order valence-corrected chi connectivity index (χ2v) is 8.96. The molecule has 3 rings (SSSR count). The van der Waals surface area contributed by atoms with Gasteiger partial charge in [0.05, 0.1) is 17.4 Å². The minimum absolute atomic E-state index is 0.00422. The molecule has 2 fully saturated rings. The monoisotopic (exact) mass is 358 g/mol. The van der Waals surface area contributed by atoms with Crippen LogP contribution < -0.4 is 10.6 Å². The van der Waals surface area contributed by atoms with Crippen LogP contribution in [0.25, 0.3) is 0 Å². The maximum Gasteiger partial charge on any atom is 0.325 e. The van der Waals surface area contributed by atoms with Gasteiger partial charge in [-0.25, -0.2) is 13.2 Å². The molecule has 9 heteroatoms. The molecule has 2 bridgehead atoms. The first kappa shape index (κ1) is 17.7. The van der Waals surface area contributed by atoms with Crippen molar-refractivity contribution < 1.29 is 17.9 Å². The predicted molar refractivity (Wildman–Crippen MR) is 89.4 cm³/mol. The van der Waals surface area contributed by atoms with Gasteiger partial charge in [-0.3, -0.25) is 10.2 Å². The first-order valence-electron chi connectivity index (χ1n) is 8.25. The number of rotatable bonds is 3. The van der Waals surface area contributed by atoms with E-state index in [2.05, 4.69) is 10.6 Å². The van der Waals surface area contributed by atoms with E-state index in [0.717, 1.165) is 5.57 Å². The van der Waals surface area contributed by atoms with Crippen LogP contribution in [0.3, 0.4) is 0 Å². The summed E-state index contributed by atoms with van der Waals surface area (Å²) in [4.78, 5) is 14.0. The van der Waals surface area contributed by atoms with Crippen LogP contribution in [0.2, 0.25) is 0 Å². The summed E-state index contributed by atoms with van der Waals surface area (Å²) in [7, 11) is -0.0565. The van der Waals surface area contributed by atoms with E-state index in [1.54, 1.807) is 20.3 Å². The quantitative estimate of drug-likeness (QED) is 0.754. The van der Waals surface area contributed by atoms with Crippen LogP contribution in [0.1, 0.15) is 27.2 Å². The lowest BCUT2D eigenvalue weighted by Gasteiger charge is -2.41. The molecular formula is C15H26N4O4S. The Morgan fingerprint density at radius 3 is 2.75 bits per heavy atom. The van der Waals surface area contributed by atoms with Crippen molar-refractivity contribution >= 4 is 16.1 Å². The number of sulfonamides is 1. The molecule has 0 aromatic carbocycles. The fraction of sp³-hybridized carbons (Fsp3) is 0.800. The van der Waals surface area contributed by atoms with Gasteiger partial charge in [0, 0.05) is 19.2 Å². The summed E-state index contributed by atoms with van der Waals surface area (Å²) in [6.07, 6.45) is 1.48. The molecule has 0 aromatic heterocycles. The third kappa shape index (κ3) is 2.37. The lowest BCUT2D eigenvalue weighted by molar-refractivity contribution is -0.0817. The zero-order valence-electron chi connectivity index (χ0n) is 14.7. The normalized spacial score (nSPS) is 42.0. The van der Waals surface area contributed by atoms with Gasteiger partial charge in [-0.1, -0.05) is 13.8 Å². The summed E-state index contributed by atoms with van der Waals surface area (Å²) in [6, 6.07) is -0.689. The van der Waals surface area contributed by atoms with Gasteiger partial charge < -0.3 is 10.1 Å². The smallest absolute Gasteiger partial charge is 0.325 e. The van der Waals surface area contributed by atoms with E-state index in [-0.39, 0.29) is 23.9 Å². The second kappa shape index (κ2) is 5.69. The van der Waals surface area contributed by atoms with Crippen molar-refractivity contribution in [2.75, 3.05) is 19.8 Å². The number of hydrogen-bond acceptors (Lipinski definition) is 5. The highest BCUT2D eigenvalue weighted by Gasteiger charge is 2.62. The highest BCUT2D eigenvalue weighted by molar-refractivity contribution is 7.89. The first-order valence-corrected chi connectivity index (χ1v) is 9.85. The Kier molecular flexibility index (Phi) is 4.18. The number of carbonyl (C=O) groups is 1. The maximum atomic E-state index is 12.5. The summed E-state index contributed by atoms with van der Waals surface area (Å²) in [5.41, 5.74) is 0.189. The van der Waals surface area contributed by atoms with Gasteiger partial charge in [-0.15, -0.1) is 0 Å². The fourth-order valence-electron chi connectivity index (χ4n) is 4.11.